The number of esters is 1. The second-order valence-electron chi connectivity index (χ2n) is 4.80. The van der Waals surface area contributed by atoms with Gasteiger partial charge in [-0.3, -0.25) is 9.79 Å². The van der Waals surface area contributed by atoms with Crippen LogP contribution in [0.4, 0.5) is 0 Å². The van der Waals surface area contributed by atoms with Gasteiger partial charge in [0.25, 0.3) is 0 Å². The number of aliphatic imine (C=N–C) groups is 1. The highest BCUT2D eigenvalue weighted by Gasteiger charge is 2.33. The number of halogens is 1. The number of thioether (sulfide) groups is 1. The molecule has 0 N–H and O–H groups in total. The Morgan fingerprint density at radius 3 is 2.95 bits per heavy atom. The lowest BCUT2D eigenvalue weighted by Gasteiger charge is -2.17. The number of fused-ring (bicyclic) bond motifs is 1. The van der Waals surface area contributed by atoms with E-state index in [1.54, 1.807) is 11.8 Å². The van der Waals surface area contributed by atoms with Crippen LogP contribution in [0, 0.1) is 0 Å². The fraction of sp³-hybridized carbons (Fsp3) is 0.333. The first kappa shape index (κ1) is 14.5. The minimum atomic E-state index is -0.194. The Kier molecular flexibility index (Phi) is 4.22. The maximum absolute atomic E-state index is 11.6. The molecule has 0 amide bonds. The summed E-state index contributed by atoms with van der Waals surface area (Å²) in [6.45, 7) is 2.98. The second-order valence-corrected chi connectivity index (χ2v) is 6.07. The van der Waals surface area contributed by atoms with E-state index in [2.05, 4.69) is 4.90 Å². The maximum Gasteiger partial charge on any atom is 0.311 e. The number of ether oxygens (including phenoxy) is 1. The van der Waals surface area contributed by atoms with Crippen LogP contribution in [0.2, 0.25) is 5.02 Å². The van der Waals surface area contributed by atoms with E-state index in [1.807, 2.05) is 36.6 Å². The third-order valence-corrected chi connectivity index (χ3v) is 4.56. The molecule has 4 nitrogen and oxygen atoms in total. The number of amidine groups is 1. The highest BCUT2D eigenvalue weighted by molar-refractivity contribution is 8.16. The molecule has 3 rings (SSSR count). The summed E-state index contributed by atoms with van der Waals surface area (Å²) in [5.74, 6) is -0.194. The molecule has 1 aromatic carbocycles. The fourth-order valence-corrected chi connectivity index (χ4v) is 3.46. The lowest BCUT2D eigenvalue weighted by Crippen LogP contribution is -2.23. The van der Waals surface area contributed by atoms with Crippen molar-refractivity contribution in [2.45, 2.75) is 19.4 Å². The van der Waals surface area contributed by atoms with Crippen molar-refractivity contribution in [2.24, 2.45) is 4.99 Å². The van der Waals surface area contributed by atoms with Gasteiger partial charge in [-0.1, -0.05) is 35.5 Å². The zero-order valence-corrected chi connectivity index (χ0v) is 13.2. The van der Waals surface area contributed by atoms with Crippen LogP contribution in [0.25, 0.3) is 0 Å². The van der Waals surface area contributed by atoms with E-state index in [1.165, 1.54) is 0 Å². The van der Waals surface area contributed by atoms with Crippen molar-refractivity contribution in [3.8, 4) is 0 Å². The van der Waals surface area contributed by atoms with Gasteiger partial charge in [0, 0.05) is 10.7 Å². The Hall–Kier alpha value is -1.46. The second kappa shape index (κ2) is 6.12. The molecular formula is C15H15ClN2O2S. The largest absolute Gasteiger partial charge is 0.466 e. The highest BCUT2D eigenvalue weighted by atomic mass is 35.5. The van der Waals surface area contributed by atoms with Crippen LogP contribution in [-0.2, 0) is 9.53 Å². The average Bonchev–Trinajstić information content (AvgIpc) is 3.02. The summed E-state index contributed by atoms with van der Waals surface area (Å²) in [7, 11) is 0. The molecule has 0 spiro atoms. The third-order valence-electron chi connectivity index (χ3n) is 3.39. The smallest absolute Gasteiger partial charge is 0.311 e. The van der Waals surface area contributed by atoms with E-state index in [9.17, 15) is 4.79 Å². The molecule has 110 valence electrons. The summed E-state index contributed by atoms with van der Waals surface area (Å²) in [6.07, 6.45) is 0.299. The molecule has 0 aromatic heterocycles. The van der Waals surface area contributed by atoms with Gasteiger partial charge >= 0.3 is 5.97 Å². The summed E-state index contributed by atoms with van der Waals surface area (Å²) >= 11 is 7.48. The maximum atomic E-state index is 11.6. The first-order valence-electron chi connectivity index (χ1n) is 6.79. The first-order valence-corrected chi connectivity index (χ1v) is 8.05. The van der Waals surface area contributed by atoms with Crippen molar-refractivity contribution >= 4 is 34.5 Å². The van der Waals surface area contributed by atoms with E-state index in [-0.39, 0.29) is 12.0 Å². The number of carbonyl (C=O) groups is 1. The van der Waals surface area contributed by atoms with Gasteiger partial charge in [0.05, 0.1) is 25.6 Å². The number of hydrogen-bond acceptors (Lipinski definition) is 5. The topological polar surface area (TPSA) is 41.9 Å². The van der Waals surface area contributed by atoms with E-state index in [4.69, 9.17) is 21.3 Å². The molecule has 2 heterocycles. The van der Waals surface area contributed by atoms with Crippen LogP contribution in [-0.4, -0.2) is 29.2 Å². The Balaban J connectivity index is 1.68. The fourth-order valence-electron chi connectivity index (χ4n) is 2.38. The SMILES string of the molecule is CCOC(=O)CC1=CSC2=NC(c3ccc(Cl)cc3)CN12. The number of carbonyl (C=O) groups excluding carboxylic acids is 1. The average molecular weight is 323 g/mol. The van der Waals surface area contributed by atoms with Crippen LogP contribution in [0.1, 0.15) is 24.9 Å². The number of rotatable bonds is 4. The van der Waals surface area contributed by atoms with Gasteiger partial charge in [0.2, 0.25) is 0 Å². The van der Waals surface area contributed by atoms with Crippen LogP contribution in [0.5, 0.6) is 0 Å². The highest BCUT2D eigenvalue weighted by Crippen LogP contribution is 2.38. The molecule has 0 saturated heterocycles. The zero-order chi connectivity index (χ0) is 14.8. The van der Waals surface area contributed by atoms with Crippen molar-refractivity contribution in [3.05, 3.63) is 46.0 Å². The monoisotopic (exact) mass is 322 g/mol. The van der Waals surface area contributed by atoms with Crippen LogP contribution in [0.15, 0.2) is 40.4 Å². The van der Waals surface area contributed by atoms with Crippen LogP contribution >= 0.6 is 23.4 Å². The molecule has 0 bridgehead atoms. The normalized spacial score (nSPS) is 20.1. The number of hydrogen-bond donors (Lipinski definition) is 0. The summed E-state index contributed by atoms with van der Waals surface area (Å²) in [4.78, 5) is 18.4. The van der Waals surface area contributed by atoms with Crippen molar-refractivity contribution in [2.75, 3.05) is 13.2 Å². The van der Waals surface area contributed by atoms with E-state index in [0.717, 1.165) is 28.0 Å². The number of benzene rings is 1. The molecule has 1 unspecified atom stereocenters. The minimum absolute atomic E-state index is 0.0932. The molecule has 21 heavy (non-hydrogen) atoms. The molecule has 6 heteroatoms. The molecule has 2 aliphatic heterocycles. The lowest BCUT2D eigenvalue weighted by atomic mass is 10.1. The standard InChI is InChI=1S/C15H15ClN2O2S/c1-2-20-14(19)7-12-9-21-15-17-13(8-18(12)15)10-3-5-11(16)6-4-10/h3-6,9,13H,2,7-8H2,1H3. The molecule has 2 aliphatic rings. The summed E-state index contributed by atoms with van der Waals surface area (Å²) in [5, 5.41) is 3.66. The van der Waals surface area contributed by atoms with Crippen molar-refractivity contribution in [1.82, 2.24) is 4.90 Å². The molecule has 1 aromatic rings. The van der Waals surface area contributed by atoms with E-state index in [0.29, 0.717) is 13.0 Å². The van der Waals surface area contributed by atoms with Gasteiger partial charge in [-0.15, -0.1) is 0 Å². The molecule has 0 fully saturated rings. The summed E-state index contributed by atoms with van der Waals surface area (Å²) < 4.78 is 5.01. The van der Waals surface area contributed by atoms with Crippen molar-refractivity contribution in [1.29, 1.82) is 0 Å². The van der Waals surface area contributed by atoms with Gasteiger partial charge < -0.3 is 9.64 Å². The molecule has 0 aliphatic carbocycles. The van der Waals surface area contributed by atoms with Gasteiger partial charge in [0.15, 0.2) is 5.17 Å². The number of nitrogens with zero attached hydrogens (tertiary/aromatic N) is 2. The van der Waals surface area contributed by atoms with E-state index < -0.39 is 0 Å². The Bertz CT molecular complexity index is 613. The zero-order valence-electron chi connectivity index (χ0n) is 11.6. The Morgan fingerprint density at radius 1 is 1.48 bits per heavy atom. The molecule has 0 saturated carbocycles. The molecular weight excluding hydrogens is 308 g/mol. The Labute approximate surface area is 132 Å². The van der Waals surface area contributed by atoms with Crippen LogP contribution in [0.3, 0.4) is 0 Å². The predicted molar refractivity (Wildman–Crippen MR) is 85.3 cm³/mol. The van der Waals surface area contributed by atoms with Crippen LogP contribution < -0.4 is 0 Å². The molecule has 0 radical (unpaired) electrons. The minimum Gasteiger partial charge on any atom is -0.466 e. The first-order chi connectivity index (χ1) is 10.2. The van der Waals surface area contributed by atoms with Gasteiger partial charge in [-0.05, 0) is 30.0 Å². The van der Waals surface area contributed by atoms with Gasteiger partial charge in [-0.2, -0.15) is 0 Å². The summed E-state index contributed by atoms with van der Waals surface area (Å²) in [5.41, 5.74) is 2.10. The van der Waals surface area contributed by atoms with E-state index >= 15 is 0 Å². The Morgan fingerprint density at radius 2 is 2.24 bits per heavy atom. The van der Waals surface area contributed by atoms with Gasteiger partial charge in [-0.25, -0.2) is 0 Å². The van der Waals surface area contributed by atoms with Gasteiger partial charge in [0.1, 0.15) is 0 Å². The molecule has 1 atom stereocenters. The van der Waals surface area contributed by atoms with Crippen molar-refractivity contribution in [3.63, 3.8) is 0 Å². The van der Waals surface area contributed by atoms with Crippen molar-refractivity contribution < 1.29 is 9.53 Å². The summed E-state index contributed by atoms with van der Waals surface area (Å²) in [6, 6.07) is 7.85. The lowest BCUT2D eigenvalue weighted by molar-refractivity contribution is -0.142. The quantitative estimate of drug-likeness (QED) is 0.794. The third kappa shape index (κ3) is 3.09. The predicted octanol–water partition coefficient (Wildman–Crippen LogP) is 3.59.